The quantitative estimate of drug-likeness (QED) is 0.531. The molecule has 0 bridgehead atoms. The second-order valence-corrected chi connectivity index (χ2v) is 6.52. The molecular formula is C22H18O7. The number of phenols is 1. The van der Waals surface area contributed by atoms with Crippen molar-refractivity contribution in [2.45, 2.75) is 13.5 Å². The zero-order chi connectivity index (χ0) is 20.7. The lowest BCUT2D eigenvalue weighted by Gasteiger charge is -2.16. The molecule has 0 atom stereocenters. The van der Waals surface area contributed by atoms with Crippen LogP contribution in [0.1, 0.15) is 22.8 Å². The second kappa shape index (κ2) is 7.01. The van der Waals surface area contributed by atoms with Gasteiger partial charge in [-0.1, -0.05) is 12.1 Å². The maximum atomic E-state index is 12.5. The maximum Gasteiger partial charge on any atom is 0.339 e. The van der Waals surface area contributed by atoms with E-state index in [1.807, 2.05) is 0 Å². The summed E-state index contributed by atoms with van der Waals surface area (Å²) in [6.45, 7) is 1.31. The minimum atomic E-state index is -0.508. The average Bonchev–Trinajstić information content (AvgIpc) is 3.09. The lowest BCUT2D eigenvalue weighted by molar-refractivity contribution is -0.131. The predicted molar refractivity (Wildman–Crippen MR) is 105 cm³/mol. The molecule has 1 aliphatic heterocycles. The minimum Gasteiger partial charge on any atom is -0.507 e. The van der Waals surface area contributed by atoms with Crippen LogP contribution in [-0.2, 0) is 16.1 Å². The van der Waals surface area contributed by atoms with Crippen LogP contribution in [0.4, 0.5) is 0 Å². The van der Waals surface area contributed by atoms with Gasteiger partial charge in [-0.3, -0.25) is 4.79 Å². The molecule has 0 spiro atoms. The fourth-order valence-corrected chi connectivity index (χ4v) is 3.58. The smallest absolute Gasteiger partial charge is 0.339 e. The first-order valence-corrected chi connectivity index (χ1v) is 8.84. The molecule has 1 heterocycles. The number of hydrogen-bond acceptors (Lipinski definition) is 7. The zero-order valence-corrected chi connectivity index (χ0v) is 16.1. The van der Waals surface area contributed by atoms with Crippen molar-refractivity contribution in [1.29, 1.82) is 0 Å². The van der Waals surface area contributed by atoms with Gasteiger partial charge in [-0.2, -0.15) is 0 Å². The van der Waals surface area contributed by atoms with Gasteiger partial charge in [0.25, 0.3) is 0 Å². The highest BCUT2D eigenvalue weighted by molar-refractivity contribution is 6.13. The fourth-order valence-electron chi connectivity index (χ4n) is 3.58. The molecule has 0 aromatic heterocycles. The summed E-state index contributed by atoms with van der Waals surface area (Å²) >= 11 is 0. The SMILES string of the molecule is COc1cc2c(O)c3c(c(-c4ccc(OC(C)=O)cc4)c2cc1OC)C(=O)OC3. The van der Waals surface area contributed by atoms with E-state index in [4.69, 9.17) is 18.9 Å². The minimum absolute atomic E-state index is 0.0111. The number of carbonyl (C=O) groups excluding carboxylic acids is 2. The van der Waals surface area contributed by atoms with E-state index >= 15 is 0 Å². The van der Waals surface area contributed by atoms with Crippen LogP contribution in [0, 0.1) is 0 Å². The summed E-state index contributed by atoms with van der Waals surface area (Å²) < 4.78 is 21.0. The molecule has 29 heavy (non-hydrogen) atoms. The van der Waals surface area contributed by atoms with Crippen LogP contribution >= 0.6 is 0 Å². The van der Waals surface area contributed by atoms with Gasteiger partial charge in [0.15, 0.2) is 11.5 Å². The largest absolute Gasteiger partial charge is 0.507 e. The molecule has 7 nitrogen and oxygen atoms in total. The van der Waals surface area contributed by atoms with Gasteiger partial charge in [-0.05, 0) is 35.2 Å². The molecule has 0 saturated carbocycles. The van der Waals surface area contributed by atoms with Crippen molar-refractivity contribution < 1.29 is 33.6 Å². The van der Waals surface area contributed by atoms with Gasteiger partial charge in [-0.15, -0.1) is 0 Å². The van der Waals surface area contributed by atoms with Gasteiger partial charge in [-0.25, -0.2) is 4.79 Å². The van der Waals surface area contributed by atoms with Crippen molar-refractivity contribution in [3.8, 4) is 34.1 Å². The second-order valence-electron chi connectivity index (χ2n) is 6.52. The van der Waals surface area contributed by atoms with E-state index in [1.165, 1.54) is 21.1 Å². The number of phenolic OH excluding ortho intramolecular Hbond substituents is 1. The Kier molecular flexibility index (Phi) is 4.50. The van der Waals surface area contributed by atoms with E-state index in [2.05, 4.69) is 0 Å². The maximum absolute atomic E-state index is 12.5. The third-order valence-corrected chi connectivity index (χ3v) is 4.84. The Morgan fingerprint density at radius 3 is 2.21 bits per heavy atom. The van der Waals surface area contributed by atoms with E-state index in [0.29, 0.717) is 50.3 Å². The number of benzene rings is 3. The highest BCUT2D eigenvalue weighted by Crippen LogP contribution is 2.47. The molecule has 3 aromatic rings. The van der Waals surface area contributed by atoms with Crippen LogP contribution < -0.4 is 14.2 Å². The van der Waals surface area contributed by atoms with Crippen LogP contribution in [-0.4, -0.2) is 31.3 Å². The standard InChI is InChI=1S/C22H18O7/c1-11(23)29-13-6-4-12(5-7-13)19-14-8-17(26-2)18(27-3)9-15(14)21(24)16-10-28-22(25)20(16)19/h4-9,24H,10H2,1-3H3. The van der Waals surface area contributed by atoms with Gasteiger partial charge in [0.05, 0.1) is 19.8 Å². The fraction of sp³-hybridized carbons (Fsp3) is 0.182. The first-order valence-electron chi connectivity index (χ1n) is 8.84. The van der Waals surface area contributed by atoms with Crippen molar-refractivity contribution >= 4 is 22.7 Å². The van der Waals surface area contributed by atoms with E-state index in [1.54, 1.807) is 36.4 Å². The summed E-state index contributed by atoms with van der Waals surface area (Å²) in [4.78, 5) is 23.7. The molecule has 0 radical (unpaired) electrons. The normalized spacial score (nSPS) is 12.4. The number of ether oxygens (including phenoxy) is 4. The molecular weight excluding hydrogens is 376 g/mol. The summed E-state index contributed by atoms with van der Waals surface area (Å²) in [5, 5.41) is 11.9. The Morgan fingerprint density at radius 2 is 1.62 bits per heavy atom. The van der Waals surface area contributed by atoms with Crippen molar-refractivity contribution in [3.05, 3.63) is 47.5 Å². The summed E-state index contributed by atoms with van der Waals surface area (Å²) in [5.74, 6) is 0.352. The number of hydrogen-bond donors (Lipinski definition) is 1. The molecule has 0 aliphatic carbocycles. The van der Waals surface area contributed by atoms with Crippen molar-refractivity contribution in [2.75, 3.05) is 14.2 Å². The highest BCUT2D eigenvalue weighted by Gasteiger charge is 2.32. The highest BCUT2D eigenvalue weighted by atomic mass is 16.5. The Balaban J connectivity index is 2.03. The number of fused-ring (bicyclic) bond motifs is 2. The molecule has 1 N–H and O–H groups in total. The molecule has 0 fully saturated rings. The first-order chi connectivity index (χ1) is 13.9. The van der Waals surface area contributed by atoms with Crippen LogP contribution in [0.25, 0.3) is 21.9 Å². The van der Waals surface area contributed by atoms with E-state index in [9.17, 15) is 14.7 Å². The Labute approximate surface area is 166 Å². The van der Waals surface area contributed by atoms with Gasteiger partial charge in [0, 0.05) is 23.4 Å². The molecule has 1 aliphatic rings. The van der Waals surface area contributed by atoms with E-state index in [-0.39, 0.29) is 12.4 Å². The van der Waals surface area contributed by atoms with Gasteiger partial charge >= 0.3 is 11.9 Å². The van der Waals surface area contributed by atoms with Crippen molar-refractivity contribution in [2.24, 2.45) is 0 Å². The average molecular weight is 394 g/mol. The van der Waals surface area contributed by atoms with Gasteiger partial charge in [0.1, 0.15) is 18.1 Å². The Morgan fingerprint density at radius 1 is 1.00 bits per heavy atom. The lowest BCUT2D eigenvalue weighted by Crippen LogP contribution is -2.02. The van der Waals surface area contributed by atoms with Crippen molar-refractivity contribution in [1.82, 2.24) is 0 Å². The predicted octanol–water partition coefficient (Wildman–Crippen LogP) is 3.83. The number of aromatic hydroxyl groups is 1. The number of carbonyl (C=O) groups is 2. The summed E-state index contributed by atoms with van der Waals surface area (Å²) in [6, 6.07) is 10.2. The molecule has 0 amide bonds. The summed E-state index contributed by atoms with van der Waals surface area (Å²) in [7, 11) is 3.02. The summed E-state index contributed by atoms with van der Waals surface area (Å²) in [6.07, 6.45) is 0. The molecule has 3 aromatic carbocycles. The van der Waals surface area contributed by atoms with Gasteiger partial charge < -0.3 is 24.1 Å². The van der Waals surface area contributed by atoms with Crippen LogP contribution in [0.15, 0.2) is 36.4 Å². The Bertz CT molecular complexity index is 1150. The molecule has 0 unspecified atom stereocenters. The monoisotopic (exact) mass is 394 g/mol. The molecule has 148 valence electrons. The van der Waals surface area contributed by atoms with Crippen LogP contribution in [0.3, 0.4) is 0 Å². The van der Waals surface area contributed by atoms with Crippen LogP contribution in [0.2, 0.25) is 0 Å². The summed E-state index contributed by atoms with van der Waals surface area (Å²) in [5.41, 5.74) is 2.04. The van der Waals surface area contributed by atoms with E-state index < -0.39 is 11.9 Å². The zero-order valence-electron chi connectivity index (χ0n) is 16.1. The molecule has 0 saturated heterocycles. The number of rotatable bonds is 4. The third kappa shape index (κ3) is 3.00. The van der Waals surface area contributed by atoms with Crippen molar-refractivity contribution in [3.63, 3.8) is 0 Å². The van der Waals surface area contributed by atoms with Crippen LogP contribution in [0.5, 0.6) is 23.0 Å². The first kappa shape index (κ1) is 18.6. The van der Waals surface area contributed by atoms with Gasteiger partial charge in [0.2, 0.25) is 0 Å². The lowest BCUT2D eigenvalue weighted by atomic mass is 9.89. The number of cyclic esters (lactones) is 1. The van der Waals surface area contributed by atoms with E-state index in [0.717, 1.165) is 0 Å². The Hall–Kier alpha value is -3.74. The molecule has 4 rings (SSSR count). The third-order valence-electron chi connectivity index (χ3n) is 4.84. The molecule has 7 heteroatoms. The topological polar surface area (TPSA) is 91.3 Å². The number of esters is 2. The number of methoxy groups -OCH3 is 2.